The minimum absolute atomic E-state index is 0.234. The second-order valence-corrected chi connectivity index (χ2v) is 4.31. The highest BCUT2D eigenvalue weighted by atomic mass is 16.2. The molecule has 0 heterocycles. The van der Waals surface area contributed by atoms with Gasteiger partial charge in [-0.1, -0.05) is 49.2 Å². The largest absolute Gasteiger partial charge is 0.323 e. The fraction of sp³-hybridized carbons (Fsp3) is 0.235. The van der Waals surface area contributed by atoms with E-state index in [9.17, 15) is 4.79 Å². The van der Waals surface area contributed by atoms with E-state index < -0.39 is 0 Å². The molecule has 3 heteroatoms. The van der Waals surface area contributed by atoms with Crippen molar-refractivity contribution in [2.75, 3.05) is 10.6 Å². The maximum Gasteiger partial charge on any atom is 0.323 e. The van der Waals surface area contributed by atoms with E-state index in [2.05, 4.69) is 10.6 Å². The highest BCUT2D eigenvalue weighted by molar-refractivity contribution is 5.99. The number of carbonyl (C=O) groups is 1. The number of urea groups is 1. The number of amides is 2. The maximum absolute atomic E-state index is 11.7. The molecule has 2 aromatic carbocycles. The minimum atomic E-state index is -0.234. The van der Waals surface area contributed by atoms with Crippen LogP contribution in [0.1, 0.15) is 25.0 Å². The van der Waals surface area contributed by atoms with Crippen LogP contribution in [-0.4, -0.2) is 6.03 Å². The average molecular weight is 270 g/mol. The zero-order valence-electron chi connectivity index (χ0n) is 12.5. The zero-order valence-corrected chi connectivity index (χ0v) is 12.5. The van der Waals surface area contributed by atoms with Gasteiger partial charge in [0.2, 0.25) is 0 Å². The van der Waals surface area contributed by atoms with Crippen LogP contribution < -0.4 is 10.6 Å². The summed E-state index contributed by atoms with van der Waals surface area (Å²) in [7, 11) is 0. The lowest BCUT2D eigenvalue weighted by atomic mass is 10.2. The van der Waals surface area contributed by atoms with Gasteiger partial charge in [0, 0.05) is 11.4 Å². The normalized spacial score (nSPS) is 9.20. The second-order valence-electron chi connectivity index (χ2n) is 4.31. The lowest BCUT2D eigenvalue weighted by molar-refractivity contribution is 0.262. The summed E-state index contributed by atoms with van der Waals surface area (Å²) in [6.45, 7) is 8.02. The van der Waals surface area contributed by atoms with E-state index in [1.54, 1.807) is 0 Å². The van der Waals surface area contributed by atoms with Gasteiger partial charge in [0.25, 0.3) is 0 Å². The van der Waals surface area contributed by atoms with Gasteiger partial charge >= 0.3 is 6.03 Å². The minimum Gasteiger partial charge on any atom is -0.308 e. The van der Waals surface area contributed by atoms with Gasteiger partial charge in [-0.15, -0.1) is 0 Å². The number of benzene rings is 2. The number of rotatable bonds is 2. The molecule has 0 spiro atoms. The maximum atomic E-state index is 11.7. The van der Waals surface area contributed by atoms with Crippen LogP contribution >= 0.6 is 0 Å². The van der Waals surface area contributed by atoms with E-state index in [0.29, 0.717) is 0 Å². The van der Waals surface area contributed by atoms with E-state index in [-0.39, 0.29) is 6.03 Å². The molecular weight excluding hydrogens is 248 g/mol. The lowest BCUT2D eigenvalue weighted by Crippen LogP contribution is -2.19. The Labute approximate surface area is 121 Å². The number of hydrogen-bond acceptors (Lipinski definition) is 1. The van der Waals surface area contributed by atoms with Gasteiger partial charge in [-0.3, -0.25) is 0 Å². The molecule has 0 saturated heterocycles. The third-order valence-corrected chi connectivity index (χ3v) is 2.62. The van der Waals surface area contributed by atoms with Gasteiger partial charge in [0.05, 0.1) is 0 Å². The molecule has 0 unspecified atom stereocenters. The van der Waals surface area contributed by atoms with Crippen LogP contribution in [0.3, 0.4) is 0 Å². The van der Waals surface area contributed by atoms with Crippen molar-refractivity contribution in [1.29, 1.82) is 0 Å². The zero-order chi connectivity index (χ0) is 15.0. The first-order valence-corrected chi connectivity index (χ1v) is 6.85. The Hall–Kier alpha value is -2.29. The predicted octanol–water partition coefficient (Wildman–Crippen LogP) is 4.97. The van der Waals surface area contributed by atoms with Crippen molar-refractivity contribution >= 4 is 17.4 Å². The van der Waals surface area contributed by atoms with Crippen molar-refractivity contribution in [2.24, 2.45) is 0 Å². The molecule has 0 saturated carbocycles. The third kappa shape index (κ3) is 5.14. The number of nitrogens with one attached hydrogen (secondary N) is 2. The summed E-state index contributed by atoms with van der Waals surface area (Å²) in [6, 6.07) is 15.1. The predicted molar refractivity (Wildman–Crippen MR) is 86.3 cm³/mol. The number of hydrogen-bond donors (Lipinski definition) is 2. The number of aryl methyl sites for hydroxylation is 2. The fourth-order valence-corrected chi connectivity index (χ4v) is 1.57. The topological polar surface area (TPSA) is 41.1 Å². The summed E-state index contributed by atoms with van der Waals surface area (Å²) in [5.74, 6) is 0. The van der Waals surface area contributed by atoms with E-state index in [0.717, 1.165) is 11.4 Å². The Morgan fingerprint density at radius 2 is 1.00 bits per heavy atom. The standard InChI is InChI=1S/C15H16N2O.C2H6/c1-11-3-7-13(8-4-11)16-15(18)17-14-9-5-12(2)6-10-14;1-2/h3-10H,1-2H3,(H2,16,17,18);1-2H3. The van der Waals surface area contributed by atoms with Crippen LogP contribution in [0.15, 0.2) is 48.5 Å². The summed E-state index contributed by atoms with van der Waals surface area (Å²) >= 11 is 0. The van der Waals surface area contributed by atoms with Crippen LogP contribution in [0.4, 0.5) is 16.2 Å². The van der Waals surface area contributed by atoms with Crippen molar-refractivity contribution in [1.82, 2.24) is 0 Å². The molecule has 3 nitrogen and oxygen atoms in total. The van der Waals surface area contributed by atoms with E-state index >= 15 is 0 Å². The summed E-state index contributed by atoms with van der Waals surface area (Å²) < 4.78 is 0. The van der Waals surface area contributed by atoms with Crippen LogP contribution in [0.25, 0.3) is 0 Å². The molecule has 2 aromatic rings. The molecule has 0 bridgehead atoms. The Bertz CT molecular complexity index is 480. The molecule has 0 aliphatic carbocycles. The van der Waals surface area contributed by atoms with Crippen LogP contribution in [-0.2, 0) is 0 Å². The van der Waals surface area contributed by atoms with Crippen LogP contribution in [0.2, 0.25) is 0 Å². The molecule has 106 valence electrons. The molecule has 2 amide bonds. The van der Waals surface area contributed by atoms with Crippen molar-refractivity contribution in [2.45, 2.75) is 27.7 Å². The summed E-state index contributed by atoms with van der Waals surface area (Å²) in [5, 5.41) is 5.56. The fourth-order valence-electron chi connectivity index (χ4n) is 1.57. The molecular formula is C17H22N2O. The molecule has 0 aliphatic heterocycles. The Morgan fingerprint density at radius 1 is 0.700 bits per heavy atom. The van der Waals surface area contributed by atoms with Gasteiger partial charge in [0.1, 0.15) is 0 Å². The first-order valence-electron chi connectivity index (χ1n) is 6.85. The quantitative estimate of drug-likeness (QED) is 0.794. The summed E-state index contributed by atoms with van der Waals surface area (Å²) in [4.78, 5) is 11.7. The number of anilines is 2. The first-order chi connectivity index (χ1) is 9.63. The molecule has 0 aromatic heterocycles. The average Bonchev–Trinajstić information content (AvgIpc) is 2.46. The molecule has 20 heavy (non-hydrogen) atoms. The smallest absolute Gasteiger partial charge is 0.308 e. The van der Waals surface area contributed by atoms with Crippen LogP contribution in [0, 0.1) is 13.8 Å². The van der Waals surface area contributed by atoms with E-state index in [1.165, 1.54) is 11.1 Å². The van der Waals surface area contributed by atoms with E-state index in [4.69, 9.17) is 0 Å². The monoisotopic (exact) mass is 270 g/mol. The molecule has 2 N–H and O–H groups in total. The van der Waals surface area contributed by atoms with Crippen LogP contribution in [0.5, 0.6) is 0 Å². The summed E-state index contributed by atoms with van der Waals surface area (Å²) in [5.41, 5.74) is 3.90. The lowest BCUT2D eigenvalue weighted by Gasteiger charge is -2.08. The third-order valence-electron chi connectivity index (χ3n) is 2.62. The van der Waals surface area contributed by atoms with Gasteiger partial charge < -0.3 is 10.6 Å². The Balaban J connectivity index is 0.000000956. The van der Waals surface area contributed by atoms with Gasteiger partial charge in [-0.2, -0.15) is 0 Å². The highest BCUT2D eigenvalue weighted by Crippen LogP contribution is 2.11. The highest BCUT2D eigenvalue weighted by Gasteiger charge is 2.01. The van der Waals surface area contributed by atoms with Gasteiger partial charge in [-0.25, -0.2) is 4.79 Å². The second kappa shape index (κ2) is 8.00. The summed E-state index contributed by atoms with van der Waals surface area (Å²) in [6.07, 6.45) is 0. The molecule has 0 aliphatic rings. The van der Waals surface area contributed by atoms with Crippen molar-refractivity contribution in [3.8, 4) is 0 Å². The SMILES string of the molecule is CC.Cc1ccc(NC(=O)Nc2ccc(C)cc2)cc1. The van der Waals surface area contributed by atoms with Crippen molar-refractivity contribution in [3.63, 3.8) is 0 Å². The Morgan fingerprint density at radius 3 is 1.30 bits per heavy atom. The molecule has 0 fully saturated rings. The Kier molecular flexibility index (Phi) is 6.30. The van der Waals surface area contributed by atoms with Gasteiger partial charge in [-0.05, 0) is 38.1 Å². The van der Waals surface area contributed by atoms with Crippen molar-refractivity contribution in [3.05, 3.63) is 59.7 Å². The molecule has 2 rings (SSSR count). The van der Waals surface area contributed by atoms with E-state index in [1.807, 2.05) is 76.2 Å². The van der Waals surface area contributed by atoms with Crippen molar-refractivity contribution < 1.29 is 4.79 Å². The molecule has 0 radical (unpaired) electrons. The number of carbonyl (C=O) groups excluding carboxylic acids is 1. The first kappa shape index (κ1) is 15.8. The van der Waals surface area contributed by atoms with Gasteiger partial charge in [0.15, 0.2) is 0 Å². The molecule has 0 atom stereocenters.